The van der Waals surface area contributed by atoms with Crippen LogP contribution in [0.15, 0.2) is 29.7 Å². The summed E-state index contributed by atoms with van der Waals surface area (Å²) in [6, 6.07) is 5.83. The molecule has 25 heavy (non-hydrogen) atoms. The lowest BCUT2D eigenvalue weighted by atomic mass is 10.1. The summed E-state index contributed by atoms with van der Waals surface area (Å²) in [4.78, 5) is 15.0. The number of thioether (sulfide) groups is 1. The lowest BCUT2D eigenvalue weighted by Crippen LogP contribution is -2.39. The number of pyridine rings is 1. The van der Waals surface area contributed by atoms with E-state index in [9.17, 15) is 5.26 Å². The van der Waals surface area contributed by atoms with Crippen LogP contribution in [0.5, 0.6) is 11.6 Å². The molecular formula is C17H19N5O2S. The molecule has 7 nitrogen and oxygen atoms in total. The molecule has 130 valence electrons. The number of piperidine rings is 1. The van der Waals surface area contributed by atoms with E-state index in [0.29, 0.717) is 22.4 Å². The first kappa shape index (κ1) is 17.3. The maximum absolute atomic E-state index is 9.30. The van der Waals surface area contributed by atoms with Gasteiger partial charge in [-0.25, -0.2) is 15.0 Å². The fraction of sp³-hybridized carbons (Fsp3) is 0.412. The monoisotopic (exact) mass is 357 g/mol. The highest BCUT2D eigenvalue weighted by atomic mass is 32.2. The number of methoxy groups -OCH3 is 1. The zero-order valence-electron chi connectivity index (χ0n) is 14.2. The SMILES string of the molecule is COc1ccc(OC2CCN(c3nc(SC)ncc3C#N)CC2)cn1. The first-order chi connectivity index (χ1) is 12.2. The van der Waals surface area contributed by atoms with Gasteiger partial charge >= 0.3 is 0 Å². The van der Waals surface area contributed by atoms with Crippen LogP contribution in [0, 0.1) is 11.3 Å². The predicted molar refractivity (Wildman–Crippen MR) is 95.2 cm³/mol. The molecule has 3 rings (SSSR count). The Kier molecular flexibility index (Phi) is 5.56. The Labute approximate surface area is 151 Å². The van der Waals surface area contributed by atoms with Gasteiger partial charge in [0, 0.05) is 32.0 Å². The highest BCUT2D eigenvalue weighted by molar-refractivity contribution is 7.98. The van der Waals surface area contributed by atoms with Crippen LogP contribution in [0.4, 0.5) is 5.82 Å². The molecule has 1 aliphatic heterocycles. The molecule has 8 heteroatoms. The van der Waals surface area contributed by atoms with Gasteiger partial charge < -0.3 is 14.4 Å². The number of ether oxygens (including phenoxy) is 2. The van der Waals surface area contributed by atoms with E-state index in [1.165, 1.54) is 11.8 Å². The number of aromatic nitrogens is 3. The summed E-state index contributed by atoms with van der Waals surface area (Å²) in [7, 11) is 1.59. The third-order valence-corrected chi connectivity index (χ3v) is 4.57. The van der Waals surface area contributed by atoms with Crippen LogP contribution in [0.2, 0.25) is 0 Å². The van der Waals surface area contributed by atoms with Crippen molar-refractivity contribution in [2.24, 2.45) is 0 Å². The third-order valence-electron chi connectivity index (χ3n) is 4.01. The van der Waals surface area contributed by atoms with Gasteiger partial charge in [-0.3, -0.25) is 0 Å². The summed E-state index contributed by atoms with van der Waals surface area (Å²) in [5, 5.41) is 9.97. The normalized spacial score (nSPS) is 14.8. The number of rotatable bonds is 5. The predicted octanol–water partition coefficient (Wildman–Crippen LogP) is 2.52. The maximum Gasteiger partial charge on any atom is 0.213 e. The van der Waals surface area contributed by atoms with Crippen molar-refractivity contribution in [1.29, 1.82) is 5.26 Å². The molecule has 0 spiro atoms. The molecule has 1 saturated heterocycles. The van der Waals surface area contributed by atoms with E-state index in [2.05, 4.69) is 25.9 Å². The van der Waals surface area contributed by atoms with Crippen LogP contribution in [-0.4, -0.2) is 47.5 Å². The van der Waals surface area contributed by atoms with E-state index in [0.717, 1.165) is 31.7 Å². The lowest BCUT2D eigenvalue weighted by molar-refractivity contribution is 0.169. The van der Waals surface area contributed by atoms with Gasteiger partial charge in [0.1, 0.15) is 23.5 Å². The van der Waals surface area contributed by atoms with Crippen molar-refractivity contribution in [3.63, 3.8) is 0 Å². The Morgan fingerprint density at radius 1 is 1.24 bits per heavy atom. The quantitative estimate of drug-likeness (QED) is 0.596. The molecule has 0 unspecified atom stereocenters. The first-order valence-corrected chi connectivity index (χ1v) is 9.18. The van der Waals surface area contributed by atoms with Crippen LogP contribution < -0.4 is 14.4 Å². The van der Waals surface area contributed by atoms with Crippen molar-refractivity contribution in [2.75, 3.05) is 31.4 Å². The molecule has 1 fully saturated rings. The number of hydrogen-bond donors (Lipinski definition) is 0. The average Bonchev–Trinajstić information content (AvgIpc) is 2.68. The molecule has 0 amide bonds. The van der Waals surface area contributed by atoms with Gasteiger partial charge in [-0.1, -0.05) is 11.8 Å². The van der Waals surface area contributed by atoms with Crippen LogP contribution in [0.1, 0.15) is 18.4 Å². The topological polar surface area (TPSA) is 84.2 Å². The second-order valence-corrected chi connectivity index (χ2v) is 6.32. The van der Waals surface area contributed by atoms with E-state index < -0.39 is 0 Å². The van der Waals surface area contributed by atoms with E-state index in [4.69, 9.17) is 9.47 Å². The molecule has 1 aliphatic rings. The summed E-state index contributed by atoms with van der Waals surface area (Å²) in [5.74, 6) is 2.02. The molecule has 0 atom stereocenters. The highest BCUT2D eigenvalue weighted by Crippen LogP contribution is 2.25. The average molecular weight is 357 g/mol. The van der Waals surface area contributed by atoms with Crippen LogP contribution in [-0.2, 0) is 0 Å². The van der Waals surface area contributed by atoms with E-state index in [-0.39, 0.29) is 6.10 Å². The Bertz CT molecular complexity index is 755. The Hall–Kier alpha value is -2.53. The second kappa shape index (κ2) is 8.03. The molecule has 2 aromatic rings. The van der Waals surface area contributed by atoms with Crippen molar-refractivity contribution in [1.82, 2.24) is 15.0 Å². The number of hydrogen-bond acceptors (Lipinski definition) is 8. The zero-order chi connectivity index (χ0) is 17.6. The van der Waals surface area contributed by atoms with Crippen LogP contribution in [0.25, 0.3) is 0 Å². The Balaban J connectivity index is 1.62. The van der Waals surface area contributed by atoms with Gasteiger partial charge in [0.25, 0.3) is 0 Å². The van der Waals surface area contributed by atoms with E-state index in [1.54, 1.807) is 25.6 Å². The molecule has 3 heterocycles. The minimum absolute atomic E-state index is 0.124. The smallest absolute Gasteiger partial charge is 0.213 e. The van der Waals surface area contributed by atoms with Crippen LogP contribution >= 0.6 is 11.8 Å². The van der Waals surface area contributed by atoms with Gasteiger partial charge in [-0.15, -0.1) is 0 Å². The molecule has 0 N–H and O–H groups in total. The largest absolute Gasteiger partial charge is 0.489 e. The summed E-state index contributed by atoms with van der Waals surface area (Å²) >= 11 is 1.47. The third kappa shape index (κ3) is 4.12. The van der Waals surface area contributed by atoms with Gasteiger partial charge in [0.2, 0.25) is 5.88 Å². The summed E-state index contributed by atoms with van der Waals surface area (Å²) < 4.78 is 11.0. The first-order valence-electron chi connectivity index (χ1n) is 7.96. The zero-order valence-corrected chi connectivity index (χ0v) is 15.0. The van der Waals surface area contributed by atoms with Gasteiger partial charge in [0.15, 0.2) is 11.0 Å². The summed E-state index contributed by atoms with van der Waals surface area (Å²) in [6.45, 7) is 1.57. The van der Waals surface area contributed by atoms with Gasteiger partial charge in [-0.2, -0.15) is 5.26 Å². The minimum atomic E-state index is 0.124. The lowest BCUT2D eigenvalue weighted by Gasteiger charge is -2.33. The molecule has 0 radical (unpaired) electrons. The fourth-order valence-electron chi connectivity index (χ4n) is 2.71. The summed E-state index contributed by atoms with van der Waals surface area (Å²) in [6.07, 6.45) is 7.03. The standard InChI is InChI=1S/C17H19N5O2S/c1-23-15-4-3-14(11-19-15)24-13-5-7-22(8-6-13)16-12(9-18)10-20-17(21-16)25-2/h3-4,10-11,13H,5-8H2,1-2H3. The molecule has 0 aromatic carbocycles. The van der Waals surface area contributed by atoms with Crippen molar-refractivity contribution in [3.8, 4) is 17.7 Å². The Morgan fingerprint density at radius 3 is 2.64 bits per heavy atom. The summed E-state index contributed by atoms with van der Waals surface area (Å²) in [5.41, 5.74) is 0.511. The molecule has 0 saturated carbocycles. The second-order valence-electron chi connectivity index (χ2n) is 5.55. The number of nitriles is 1. The van der Waals surface area contributed by atoms with Crippen molar-refractivity contribution in [2.45, 2.75) is 24.1 Å². The Morgan fingerprint density at radius 2 is 2.04 bits per heavy atom. The molecule has 0 aliphatic carbocycles. The van der Waals surface area contributed by atoms with E-state index >= 15 is 0 Å². The van der Waals surface area contributed by atoms with Crippen molar-refractivity contribution < 1.29 is 9.47 Å². The highest BCUT2D eigenvalue weighted by Gasteiger charge is 2.24. The van der Waals surface area contributed by atoms with Gasteiger partial charge in [0.05, 0.1) is 19.5 Å². The molecule has 2 aromatic heterocycles. The van der Waals surface area contributed by atoms with Gasteiger partial charge in [-0.05, 0) is 12.3 Å². The van der Waals surface area contributed by atoms with Crippen molar-refractivity contribution >= 4 is 17.6 Å². The fourth-order valence-corrected chi connectivity index (χ4v) is 3.05. The number of anilines is 1. The molecular weight excluding hydrogens is 338 g/mol. The maximum atomic E-state index is 9.30. The van der Waals surface area contributed by atoms with E-state index in [1.807, 2.05) is 12.3 Å². The minimum Gasteiger partial charge on any atom is -0.489 e. The van der Waals surface area contributed by atoms with Crippen molar-refractivity contribution in [3.05, 3.63) is 30.1 Å². The van der Waals surface area contributed by atoms with Crippen LogP contribution in [0.3, 0.4) is 0 Å². The number of nitrogens with zero attached hydrogens (tertiary/aromatic N) is 5. The molecule has 0 bridgehead atoms.